The van der Waals surface area contributed by atoms with Crippen LogP contribution >= 0.6 is 11.3 Å². The van der Waals surface area contributed by atoms with E-state index in [0.717, 1.165) is 16.1 Å². The maximum Gasteiger partial charge on any atom is 0.392 e. The van der Waals surface area contributed by atoms with Gasteiger partial charge in [0.2, 0.25) is 11.8 Å². The molecule has 0 saturated heterocycles. The molecule has 0 spiro atoms. The van der Waals surface area contributed by atoms with Gasteiger partial charge in [0.25, 0.3) is 0 Å². The van der Waals surface area contributed by atoms with Gasteiger partial charge >= 0.3 is 6.18 Å². The lowest BCUT2D eigenvalue weighted by Crippen LogP contribution is -2.14. The van der Waals surface area contributed by atoms with Crippen molar-refractivity contribution in [2.45, 2.75) is 32.9 Å². The first kappa shape index (κ1) is 15.8. The molecule has 0 aliphatic rings. The highest BCUT2D eigenvalue weighted by Crippen LogP contribution is 2.32. The Morgan fingerprint density at radius 1 is 1.29 bits per heavy atom. The molecule has 1 N–H and O–H groups in total. The molecule has 2 aromatic rings. The van der Waals surface area contributed by atoms with Crippen molar-refractivity contribution < 1.29 is 17.9 Å². The van der Waals surface area contributed by atoms with E-state index in [1.165, 1.54) is 11.3 Å². The summed E-state index contributed by atoms with van der Waals surface area (Å²) in [4.78, 5) is 10.3. The summed E-state index contributed by atoms with van der Waals surface area (Å²) in [5.41, 5.74) is 0. The van der Waals surface area contributed by atoms with Gasteiger partial charge in [-0.05, 0) is 19.4 Å². The van der Waals surface area contributed by atoms with Crippen LogP contribution in [0.1, 0.15) is 25.1 Å². The molecule has 0 aliphatic carbocycles. The zero-order valence-electron chi connectivity index (χ0n) is 11.8. The quantitative estimate of drug-likeness (QED) is 0.873. The van der Waals surface area contributed by atoms with Crippen LogP contribution in [0.2, 0.25) is 0 Å². The molecule has 0 aliphatic heterocycles. The van der Waals surface area contributed by atoms with Gasteiger partial charge in [0, 0.05) is 11.4 Å². The molecular weight excluding hydrogens is 303 g/mol. The van der Waals surface area contributed by atoms with Crippen LogP contribution in [0.15, 0.2) is 6.07 Å². The lowest BCUT2D eigenvalue weighted by atomic mass is 10.3. The fourth-order valence-corrected chi connectivity index (χ4v) is 2.69. The number of anilines is 1. The number of nitrogens with zero attached hydrogens (tertiary/aromatic N) is 2. The van der Waals surface area contributed by atoms with Gasteiger partial charge in [0.1, 0.15) is 4.83 Å². The number of nitrogens with one attached hydrogen (secondary N) is 1. The van der Waals surface area contributed by atoms with Gasteiger partial charge in [0.05, 0.1) is 18.4 Å². The summed E-state index contributed by atoms with van der Waals surface area (Å²) < 4.78 is 41.9. The van der Waals surface area contributed by atoms with Crippen molar-refractivity contribution in [1.82, 2.24) is 9.97 Å². The lowest BCUT2D eigenvalue weighted by molar-refractivity contribution is -0.139. The molecule has 0 unspecified atom stereocenters. The predicted octanol–water partition coefficient (Wildman–Crippen LogP) is 4.02. The molecular formula is C13H16F3N3OS. The minimum absolute atomic E-state index is 0.205. The second-order valence-corrected chi connectivity index (χ2v) is 5.50. The van der Waals surface area contributed by atoms with Crippen LogP contribution in [-0.4, -0.2) is 29.3 Å². The third-order valence-electron chi connectivity index (χ3n) is 2.72. The van der Waals surface area contributed by atoms with Crippen LogP contribution in [0.4, 0.5) is 19.1 Å². The first-order valence-corrected chi connectivity index (χ1v) is 7.48. The molecule has 2 aromatic heterocycles. The van der Waals surface area contributed by atoms with Gasteiger partial charge in [-0.2, -0.15) is 18.2 Å². The molecule has 0 bridgehead atoms. The van der Waals surface area contributed by atoms with E-state index in [2.05, 4.69) is 15.3 Å². The summed E-state index contributed by atoms with van der Waals surface area (Å²) in [6, 6.07) is 1.87. The number of hydrogen-bond acceptors (Lipinski definition) is 5. The molecule has 0 fully saturated rings. The third-order valence-corrected chi connectivity index (χ3v) is 3.89. The maximum absolute atomic E-state index is 12.2. The standard InChI is InChI=1S/C13H16F3N3OS/c1-3-8-7-9-10(20-6-5-13(14,15)16)18-12(17-4-2)19-11(9)21-8/h7H,3-6H2,1-2H3,(H,17,18,19). The summed E-state index contributed by atoms with van der Waals surface area (Å²) in [6.45, 7) is 4.08. The Morgan fingerprint density at radius 3 is 2.67 bits per heavy atom. The number of alkyl halides is 3. The van der Waals surface area contributed by atoms with Crippen molar-refractivity contribution in [3.63, 3.8) is 0 Å². The number of thiophene rings is 1. The Morgan fingerprint density at radius 2 is 2.05 bits per heavy atom. The molecule has 21 heavy (non-hydrogen) atoms. The van der Waals surface area contributed by atoms with Crippen LogP contribution < -0.4 is 10.1 Å². The largest absolute Gasteiger partial charge is 0.477 e. The Balaban J connectivity index is 2.27. The van der Waals surface area contributed by atoms with Gasteiger partial charge in [-0.1, -0.05) is 6.92 Å². The van der Waals surface area contributed by atoms with Crippen LogP contribution in [0.3, 0.4) is 0 Å². The Labute approximate surface area is 124 Å². The predicted molar refractivity (Wildman–Crippen MR) is 77.1 cm³/mol. The van der Waals surface area contributed by atoms with Gasteiger partial charge in [-0.15, -0.1) is 11.3 Å². The van der Waals surface area contributed by atoms with E-state index in [9.17, 15) is 13.2 Å². The average Bonchev–Trinajstić information content (AvgIpc) is 2.81. The van der Waals surface area contributed by atoms with E-state index < -0.39 is 19.2 Å². The highest BCUT2D eigenvalue weighted by atomic mass is 32.1. The number of rotatable bonds is 6. The topological polar surface area (TPSA) is 47.0 Å². The van der Waals surface area contributed by atoms with E-state index in [0.29, 0.717) is 17.9 Å². The molecule has 116 valence electrons. The van der Waals surface area contributed by atoms with E-state index in [4.69, 9.17) is 4.74 Å². The van der Waals surface area contributed by atoms with E-state index in [1.807, 2.05) is 19.9 Å². The van der Waals surface area contributed by atoms with Crippen LogP contribution in [0.25, 0.3) is 10.2 Å². The highest BCUT2D eigenvalue weighted by molar-refractivity contribution is 7.18. The smallest absolute Gasteiger partial charge is 0.392 e. The molecule has 0 atom stereocenters. The molecule has 0 saturated carbocycles. The van der Waals surface area contributed by atoms with Crippen LogP contribution in [0, 0.1) is 0 Å². The number of ether oxygens (including phenoxy) is 1. The molecule has 0 aromatic carbocycles. The van der Waals surface area contributed by atoms with Crippen molar-refractivity contribution in [2.75, 3.05) is 18.5 Å². The normalized spacial score (nSPS) is 11.9. The van der Waals surface area contributed by atoms with Gasteiger partial charge in [0.15, 0.2) is 0 Å². The van der Waals surface area contributed by atoms with E-state index in [-0.39, 0.29) is 5.88 Å². The summed E-state index contributed by atoms with van der Waals surface area (Å²) >= 11 is 1.50. The molecule has 2 heterocycles. The second-order valence-electron chi connectivity index (χ2n) is 4.38. The Kier molecular flexibility index (Phi) is 4.87. The lowest BCUT2D eigenvalue weighted by Gasteiger charge is -2.10. The third kappa shape index (κ3) is 4.20. The van der Waals surface area contributed by atoms with Crippen LogP contribution in [0.5, 0.6) is 5.88 Å². The van der Waals surface area contributed by atoms with Gasteiger partial charge in [-0.25, -0.2) is 4.98 Å². The fourth-order valence-electron chi connectivity index (χ4n) is 1.73. The molecule has 0 amide bonds. The zero-order valence-corrected chi connectivity index (χ0v) is 12.6. The summed E-state index contributed by atoms with van der Waals surface area (Å²) in [7, 11) is 0. The summed E-state index contributed by atoms with van der Waals surface area (Å²) in [5, 5.41) is 3.62. The van der Waals surface area contributed by atoms with Crippen molar-refractivity contribution in [1.29, 1.82) is 0 Å². The number of aryl methyl sites for hydroxylation is 1. The monoisotopic (exact) mass is 319 g/mol. The molecule has 2 rings (SSSR count). The van der Waals surface area contributed by atoms with E-state index in [1.54, 1.807) is 0 Å². The number of fused-ring (bicyclic) bond motifs is 1. The van der Waals surface area contributed by atoms with Gasteiger partial charge in [-0.3, -0.25) is 0 Å². The van der Waals surface area contributed by atoms with E-state index >= 15 is 0 Å². The van der Waals surface area contributed by atoms with Gasteiger partial charge < -0.3 is 10.1 Å². The minimum Gasteiger partial charge on any atom is -0.477 e. The SMILES string of the molecule is CCNc1nc(OCCC(F)(F)F)c2cc(CC)sc2n1. The Hall–Kier alpha value is -1.57. The van der Waals surface area contributed by atoms with Crippen molar-refractivity contribution in [2.24, 2.45) is 0 Å². The first-order valence-electron chi connectivity index (χ1n) is 6.66. The number of hydrogen-bond donors (Lipinski definition) is 1. The van der Waals surface area contributed by atoms with Crippen molar-refractivity contribution in [3.05, 3.63) is 10.9 Å². The zero-order chi connectivity index (χ0) is 15.5. The molecule has 0 radical (unpaired) electrons. The van der Waals surface area contributed by atoms with Crippen molar-refractivity contribution in [3.8, 4) is 5.88 Å². The highest BCUT2D eigenvalue weighted by Gasteiger charge is 2.27. The molecule has 4 nitrogen and oxygen atoms in total. The molecule has 8 heteroatoms. The number of halogens is 3. The van der Waals surface area contributed by atoms with Crippen LogP contribution in [-0.2, 0) is 6.42 Å². The Bertz CT molecular complexity index is 612. The minimum atomic E-state index is -4.24. The summed E-state index contributed by atoms with van der Waals surface area (Å²) in [6.07, 6.45) is -4.40. The summed E-state index contributed by atoms with van der Waals surface area (Å²) in [5.74, 6) is 0.577. The fraction of sp³-hybridized carbons (Fsp3) is 0.538. The second kappa shape index (κ2) is 6.46. The maximum atomic E-state index is 12.2. The average molecular weight is 319 g/mol. The first-order chi connectivity index (χ1) is 9.93. The van der Waals surface area contributed by atoms with Crippen molar-refractivity contribution >= 4 is 27.5 Å². The number of aromatic nitrogens is 2.